The van der Waals surface area contributed by atoms with Gasteiger partial charge in [-0.25, -0.2) is 0 Å². The summed E-state index contributed by atoms with van der Waals surface area (Å²) in [5, 5.41) is 0.729. The Morgan fingerprint density at radius 2 is 1.00 bits per heavy atom. The number of fused-ring (bicyclic) bond motifs is 10. The average Bonchev–Trinajstić information content (AvgIpc) is 4.12. The first kappa shape index (κ1) is 18.3. The minimum absolute atomic E-state index is 0.164. The Hall–Kier alpha value is -7.62. The van der Waals surface area contributed by atoms with Crippen LogP contribution in [0.1, 0.15) is 26.0 Å². The van der Waals surface area contributed by atoms with Gasteiger partial charge in [-0.2, -0.15) is 0 Å². The fraction of sp³-hybridized carbons (Fsp3) is 0. The predicted molar refractivity (Wildman–Crippen MR) is 240 cm³/mol. The van der Waals surface area contributed by atoms with Crippen LogP contribution in [0, 0.1) is 0 Å². The standard InChI is InChI=1S/C54H35N3/c1-3-15-36(16-4-1)37-27-30-40(31-28-37)56-49-25-13-8-20-42(49)44-32-34-52-53(54(44)56)45-22-10-14-26-50(45)57(52)47-23-11-7-19-41(47)38-29-33-51-46(35-38)43-21-9-12-24-48(43)55(51)39-17-5-2-6-18-39/h1-35H/i1D,3D,4D,8D,10D,13D,14D,15D,16D,20D,22D,25D,26D,27D,28D,30D,31D,32D,34D. The van der Waals surface area contributed by atoms with E-state index in [2.05, 4.69) is 4.57 Å². The van der Waals surface area contributed by atoms with Gasteiger partial charge in [-0.15, -0.1) is 0 Å². The van der Waals surface area contributed by atoms with E-state index in [0.29, 0.717) is 16.8 Å². The molecule has 0 unspecified atom stereocenters. The molecule has 0 bridgehead atoms. The summed E-state index contributed by atoms with van der Waals surface area (Å²) in [7, 11) is 0. The van der Waals surface area contributed by atoms with Crippen LogP contribution in [0.4, 0.5) is 0 Å². The van der Waals surface area contributed by atoms with Crippen LogP contribution in [0.3, 0.4) is 0 Å². The summed E-state index contributed by atoms with van der Waals surface area (Å²) in [5.74, 6) is 0. The molecule has 0 amide bonds. The van der Waals surface area contributed by atoms with E-state index in [4.69, 9.17) is 12.3 Å². The highest BCUT2D eigenvalue weighted by Gasteiger charge is 2.22. The lowest BCUT2D eigenvalue weighted by atomic mass is 10.0. The molecule has 0 aliphatic carbocycles. The lowest BCUT2D eigenvalue weighted by Gasteiger charge is -2.15. The first-order valence-electron chi connectivity index (χ1n) is 27.6. The Balaban J connectivity index is 1.27. The van der Waals surface area contributed by atoms with Crippen LogP contribution < -0.4 is 0 Å². The molecule has 0 atom stereocenters. The van der Waals surface area contributed by atoms with E-state index in [0.717, 1.165) is 32.1 Å². The third-order valence-electron chi connectivity index (χ3n) is 10.5. The van der Waals surface area contributed by atoms with E-state index in [1.807, 2.05) is 78.9 Å². The number of para-hydroxylation sites is 5. The van der Waals surface area contributed by atoms with Crippen molar-refractivity contribution in [3.8, 4) is 39.3 Å². The van der Waals surface area contributed by atoms with Gasteiger partial charge < -0.3 is 13.7 Å². The summed E-state index contributed by atoms with van der Waals surface area (Å²) in [4.78, 5) is 0. The summed E-state index contributed by atoms with van der Waals surface area (Å²) in [6.07, 6.45) is 0. The van der Waals surface area contributed by atoms with Crippen molar-refractivity contribution in [2.75, 3.05) is 0 Å². The molecule has 0 spiro atoms. The average molecular weight is 745 g/mol. The monoisotopic (exact) mass is 744 g/mol. The molecule has 12 rings (SSSR count). The smallest absolute Gasteiger partial charge is 0.0645 e. The lowest BCUT2D eigenvalue weighted by Crippen LogP contribution is -1.98. The number of benzene rings is 9. The third kappa shape index (κ3) is 4.73. The number of rotatable bonds is 5. The summed E-state index contributed by atoms with van der Waals surface area (Å²) in [6, 6.07) is 16.4. The molecule has 3 heterocycles. The van der Waals surface area contributed by atoms with Crippen LogP contribution in [0.2, 0.25) is 0 Å². The van der Waals surface area contributed by atoms with Crippen LogP contribution in [0.25, 0.3) is 105 Å². The van der Waals surface area contributed by atoms with Crippen molar-refractivity contribution in [1.82, 2.24) is 13.7 Å². The van der Waals surface area contributed by atoms with Crippen molar-refractivity contribution >= 4 is 65.4 Å². The van der Waals surface area contributed by atoms with Crippen molar-refractivity contribution in [1.29, 1.82) is 0 Å². The van der Waals surface area contributed by atoms with Gasteiger partial charge in [0.15, 0.2) is 0 Å². The topological polar surface area (TPSA) is 14.8 Å². The van der Waals surface area contributed by atoms with Crippen LogP contribution in [0.15, 0.2) is 212 Å². The zero-order chi connectivity index (χ0) is 54.0. The van der Waals surface area contributed by atoms with Crippen molar-refractivity contribution in [2.24, 2.45) is 0 Å². The largest absolute Gasteiger partial charge is 0.309 e. The summed E-state index contributed by atoms with van der Waals surface area (Å²) in [6.45, 7) is 0. The highest BCUT2D eigenvalue weighted by atomic mass is 15.0. The number of hydrogen-bond acceptors (Lipinski definition) is 0. The van der Waals surface area contributed by atoms with E-state index >= 15 is 0 Å². The molecule has 3 aromatic heterocycles. The lowest BCUT2D eigenvalue weighted by molar-refractivity contribution is 1.17. The molecule has 0 aliphatic rings. The van der Waals surface area contributed by atoms with Gasteiger partial charge in [-0.3, -0.25) is 0 Å². The van der Waals surface area contributed by atoms with Crippen LogP contribution in [0.5, 0.6) is 0 Å². The Morgan fingerprint density at radius 1 is 0.333 bits per heavy atom. The fourth-order valence-electron chi connectivity index (χ4n) is 8.11. The van der Waals surface area contributed by atoms with Gasteiger partial charge in [0, 0.05) is 49.3 Å². The predicted octanol–water partition coefficient (Wildman–Crippen LogP) is 14.3. The van der Waals surface area contributed by atoms with Gasteiger partial charge in [-0.05, 0) is 83.3 Å². The molecule has 57 heavy (non-hydrogen) atoms. The Kier molecular flexibility index (Phi) is 4.01. The first-order valence-corrected chi connectivity index (χ1v) is 18.1. The molecule has 0 N–H and O–H groups in total. The Labute approximate surface area is 356 Å². The van der Waals surface area contributed by atoms with Gasteiger partial charge in [-0.1, -0.05) is 145 Å². The van der Waals surface area contributed by atoms with E-state index in [1.165, 1.54) is 4.57 Å². The zero-order valence-electron chi connectivity index (χ0n) is 48.6. The second-order valence-corrected chi connectivity index (χ2v) is 13.5. The molecule has 0 saturated heterocycles. The maximum atomic E-state index is 9.93. The van der Waals surface area contributed by atoms with Crippen LogP contribution >= 0.6 is 0 Å². The van der Waals surface area contributed by atoms with Crippen molar-refractivity contribution in [3.05, 3.63) is 212 Å². The summed E-state index contributed by atoms with van der Waals surface area (Å²) >= 11 is 0. The maximum absolute atomic E-state index is 9.93. The number of aromatic nitrogens is 3. The molecule has 0 saturated carbocycles. The highest BCUT2D eigenvalue weighted by molar-refractivity contribution is 6.26. The number of nitrogens with zero attached hydrogens (tertiary/aromatic N) is 3. The van der Waals surface area contributed by atoms with Gasteiger partial charge in [0.1, 0.15) is 0 Å². The molecule has 0 aliphatic heterocycles. The fourth-order valence-corrected chi connectivity index (χ4v) is 8.11. The van der Waals surface area contributed by atoms with Gasteiger partial charge in [0.2, 0.25) is 0 Å². The summed E-state index contributed by atoms with van der Waals surface area (Å²) < 4.78 is 178. The summed E-state index contributed by atoms with van der Waals surface area (Å²) in [5.41, 5.74) is 1.19. The molecular weight excluding hydrogens is 691 g/mol. The molecule has 3 nitrogen and oxygen atoms in total. The second-order valence-electron chi connectivity index (χ2n) is 13.5. The quantitative estimate of drug-likeness (QED) is 0.167. The van der Waals surface area contributed by atoms with Crippen molar-refractivity contribution in [3.63, 3.8) is 0 Å². The molecule has 9 aromatic carbocycles. The molecule has 3 heteroatoms. The molecule has 0 radical (unpaired) electrons. The van der Waals surface area contributed by atoms with E-state index in [9.17, 15) is 13.7 Å². The second kappa shape index (κ2) is 12.5. The normalized spacial score (nSPS) is 16.5. The van der Waals surface area contributed by atoms with E-state index in [1.54, 1.807) is 18.2 Å². The first-order chi connectivity index (χ1) is 36.2. The molecule has 12 aromatic rings. The minimum atomic E-state index is -0.899. The van der Waals surface area contributed by atoms with E-state index < -0.39 is 137 Å². The molecule has 266 valence electrons. The maximum Gasteiger partial charge on any atom is 0.0645 e. The molecule has 0 fully saturated rings. The Bertz CT molecular complexity index is 4570. The van der Waals surface area contributed by atoms with E-state index in [-0.39, 0.29) is 38.1 Å². The molecular formula is C54H35N3. The van der Waals surface area contributed by atoms with Gasteiger partial charge in [0.05, 0.1) is 64.8 Å². The SMILES string of the molecule is [2H]c1c([2H])c([2H])c(-c2c([2H])c([2H])c(-n3c4c([2H])c([2H])c([2H])c([2H])c4c4c([2H])c([2H])c5c(c6c([2H])c([2H])c([2H])c([2H])c6n5-c5ccccc5-c5ccc6c(c5)c5ccccc5n6-c5ccccc5)c43)c([2H])c2[2H])c([2H])c1[2H]. The van der Waals surface area contributed by atoms with Crippen LogP contribution in [-0.2, 0) is 0 Å². The number of hydrogen-bond donors (Lipinski definition) is 0. The van der Waals surface area contributed by atoms with Gasteiger partial charge >= 0.3 is 0 Å². The Morgan fingerprint density at radius 3 is 1.84 bits per heavy atom. The minimum Gasteiger partial charge on any atom is -0.309 e. The van der Waals surface area contributed by atoms with Gasteiger partial charge in [0.25, 0.3) is 0 Å². The highest BCUT2D eigenvalue weighted by Crippen LogP contribution is 2.44. The van der Waals surface area contributed by atoms with Crippen molar-refractivity contribution < 1.29 is 26.0 Å². The third-order valence-corrected chi connectivity index (χ3v) is 10.5. The van der Waals surface area contributed by atoms with Crippen LogP contribution in [-0.4, -0.2) is 13.7 Å². The van der Waals surface area contributed by atoms with Crippen molar-refractivity contribution in [2.45, 2.75) is 0 Å². The zero-order valence-corrected chi connectivity index (χ0v) is 29.6.